The molecule has 0 fully saturated rings. The van der Waals surface area contributed by atoms with Crippen LogP contribution < -0.4 is 28.4 Å². The Balaban J connectivity index is 2.21. The average Bonchev–Trinajstić information content (AvgIpc) is 3.26. The first-order chi connectivity index (χ1) is 14.1. The predicted molar refractivity (Wildman–Crippen MR) is 107 cm³/mol. The van der Waals surface area contributed by atoms with Gasteiger partial charge in [-0.2, -0.15) is 15.4 Å². The molecule has 0 saturated carbocycles. The zero-order valence-electron chi connectivity index (χ0n) is 17.2. The smallest absolute Gasteiger partial charge is 0.203 e. The van der Waals surface area contributed by atoms with Crippen molar-refractivity contribution in [1.29, 1.82) is 0 Å². The van der Waals surface area contributed by atoms with E-state index in [-0.39, 0.29) is 0 Å². The Morgan fingerprint density at radius 1 is 0.552 bits per heavy atom. The molecule has 0 saturated heterocycles. The van der Waals surface area contributed by atoms with Crippen molar-refractivity contribution in [3.05, 3.63) is 24.3 Å². The molecular formula is C20H23N3O6. The topological polar surface area (TPSA) is 97.0 Å². The number of hydrogen-bond donors (Lipinski definition) is 1. The molecule has 0 spiro atoms. The second-order valence-electron chi connectivity index (χ2n) is 5.84. The molecule has 9 nitrogen and oxygen atoms in total. The molecule has 3 aromatic rings. The Kier molecular flexibility index (Phi) is 5.96. The molecular weight excluding hydrogens is 378 g/mol. The summed E-state index contributed by atoms with van der Waals surface area (Å²) in [5.74, 6) is 3.16. The lowest BCUT2D eigenvalue weighted by Gasteiger charge is -2.15. The molecule has 0 aliphatic rings. The van der Waals surface area contributed by atoms with Crippen molar-refractivity contribution in [3.8, 4) is 57.0 Å². The fourth-order valence-corrected chi connectivity index (χ4v) is 3.05. The van der Waals surface area contributed by atoms with Crippen molar-refractivity contribution in [1.82, 2.24) is 15.4 Å². The summed E-state index contributed by atoms with van der Waals surface area (Å²) in [5, 5.41) is 11.3. The maximum absolute atomic E-state index is 5.54. The summed E-state index contributed by atoms with van der Waals surface area (Å²) in [6.07, 6.45) is 0. The van der Waals surface area contributed by atoms with E-state index in [1.165, 1.54) is 0 Å². The Labute approximate surface area is 168 Å². The maximum atomic E-state index is 5.54. The Bertz CT molecular complexity index is 977. The molecule has 0 unspecified atom stereocenters. The van der Waals surface area contributed by atoms with Gasteiger partial charge in [0.15, 0.2) is 23.0 Å². The fraction of sp³-hybridized carbons (Fsp3) is 0.300. The van der Waals surface area contributed by atoms with E-state index in [0.29, 0.717) is 51.4 Å². The van der Waals surface area contributed by atoms with Gasteiger partial charge >= 0.3 is 0 Å². The lowest BCUT2D eigenvalue weighted by atomic mass is 10.0. The van der Waals surface area contributed by atoms with Crippen LogP contribution >= 0.6 is 0 Å². The number of aromatic nitrogens is 3. The molecule has 0 atom stereocenters. The molecule has 0 bridgehead atoms. The van der Waals surface area contributed by atoms with Crippen LogP contribution in [0.2, 0.25) is 0 Å². The summed E-state index contributed by atoms with van der Waals surface area (Å²) in [4.78, 5) is 0. The van der Waals surface area contributed by atoms with Crippen molar-refractivity contribution < 1.29 is 28.4 Å². The van der Waals surface area contributed by atoms with Crippen molar-refractivity contribution in [2.24, 2.45) is 0 Å². The minimum Gasteiger partial charge on any atom is -0.496 e. The van der Waals surface area contributed by atoms with E-state index >= 15 is 0 Å². The summed E-state index contributed by atoms with van der Waals surface area (Å²) in [7, 11) is 9.37. The van der Waals surface area contributed by atoms with E-state index in [1.807, 2.05) is 0 Å². The van der Waals surface area contributed by atoms with Crippen LogP contribution in [0, 0.1) is 0 Å². The van der Waals surface area contributed by atoms with Gasteiger partial charge in [-0.05, 0) is 18.2 Å². The minimum atomic E-state index is 0.493. The van der Waals surface area contributed by atoms with E-state index in [0.717, 1.165) is 5.56 Å². The number of rotatable bonds is 8. The van der Waals surface area contributed by atoms with Crippen LogP contribution in [-0.2, 0) is 0 Å². The van der Waals surface area contributed by atoms with E-state index in [9.17, 15) is 0 Å². The van der Waals surface area contributed by atoms with Gasteiger partial charge in [-0.25, -0.2) is 0 Å². The highest BCUT2D eigenvalue weighted by Crippen LogP contribution is 2.45. The summed E-state index contributed by atoms with van der Waals surface area (Å²) >= 11 is 0. The first-order valence-corrected chi connectivity index (χ1v) is 8.63. The zero-order chi connectivity index (χ0) is 21.0. The molecule has 1 aromatic heterocycles. The number of methoxy groups -OCH3 is 6. The largest absolute Gasteiger partial charge is 0.496 e. The molecule has 2 aromatic carbocycles. The van der Waals surface area contributed by atoms with Gasteiger partial charge in [0.05, 0.1) is 48.2 Å². The lowest BCUT2D eigenvalue weighted by molar-refractivity contribution is 0.324. The van der Waals surface area contributed by atoms with E-state index in [2.05, 4.69) is 15.4 Å². The Morgan fingerprint density at radius 2 is 1.07 bits per heavy atom. The highest BCUT2D eigenvalue weighted by atomic mass is 16.5. The van der Waals surface area contributed by atoms with E-state index in [4.69, 9.17) is 28.4 Å². The van der Waals surface area contributed by atoms with Crippen molar-refractivity contribution in [2.45, 2.75) is 0 Å². The molecule has 0 radical (unpaired) electrons. The standard InChI is InChI=1S/C20H23N3O6/c1-24-13-10-15(26-3)14(25-2)9-12(13)19-18(21-23-22-19)11-7-16(27-4)20(29-6)17(8-11)28-5/h7-10H,1-6H3,(H,21,22,23). The first-order valence-electron chi connectivity index (χ1n) is 8.63. The van der Waals surface area contributed by atoms with Crippen molar-refractivity contribution in [3.63, 3.8) is 0 Å². The molecule has 1 N–H and O–H groups in total. The third-order valence-corrected chi connectivity index (χ3v) is 4.45. The molecule has 9 heteroatoms. The van der Waals surface area contributed by atoms with Gasteiger partial charge in [0, 0.05) is 11.6 Å². The monoisotopic (exact) mass is 401 g/mol. The molecule has 154 valence electrons. The van der Waals surface area contributed by atoms with Crippen molar-refractivity contribution >= 4 is 0 Å². The molecule has 0 aliphatic heterocycles. The van der Waals surface area contributed by atoms with Crippen molar-refractivity contribution in [2.75, 3.05) is 42.7 Å². The van der Waals surface area contributed by atoms with Gasteiger partial charge in [0.25, 0.3) is 0 Å². The highest BCUT2D eigenvalue weighted by molar-refractivity contribution is 5.84. The summed E-state index contributed by atoms with van der Waals surface area (Å²) in [6.45, 7) is 0. The van der Waals surface area contributed by atoms with E-state index < -0.39 is 0 Å². The Morgan fingerprint density at radius 3 is 1.59 bits per heavy atom. The first kappa shape index (κ1) is 20.1. The summed E-state index contributed by atoms with van der Waals surface area (Å²) in [5.41, 5.74) is 2.55. The number of benzene rings is 2. The van der Waals surface area contributed by atoms with Gasteiger partial charge in [0.2, 0.25) is 5.75 Å². The second-order valence-corrected chi connectivity index (χ2v) is 5.84. The molecule has 0 amide bonds. The third kappa shape index (κ3) is 3.58. The van der Waals surface area contributed by atoms with Gasteiger partial charge in [0.1, 0.15) is 17.1 Å². The van der Waals surface area contributed by atoms with Gasteiger partial charge < -0.3 is 28.4 Å². The number of nitrogens with one attached hydrogen (secondary N) is 1. The number of H-pyrrole nitrogens is 1. The molecule has 29 heavy (non-hydrogen) atoms. The minimum absolute atomic E-state index is 0.493. The quantitative estimate of drug-likeness (QED) is 0.615. The number of ether oxygens (including phenoxy) is 6. The van der Waals surface area contributed by atoms with Gasteiger partial charge in [-0.15, -0.1) is 0 Å². The summed E-state index contributed by atoms with van der Waals surface area (Å²) < 4.78 is 32.6. The fourth-order valence-electron chi connectivity index (χ4n) is 3.05. The van der Waals surface area contributed by atoms with Crippen LogP contribution in [0.15, 0.2) is 24.3 Å². The summed E-state index contributed by atoms with van der Waals surface area (Å²) in [6, 6.07) is 7.13. The molecule has 0 aliphatic carbocycles. The van der Waals surface area contributed by atoms with Crippen LogP contribution in [0.3, 0.4) is 0 Å². The third-order valence-electron chi connectivity index (χ3n) is 4.45. The molecule has 3 rings (SSSR count). The number of nitrogens with zero attached hydrogens (tertiary/aromatic N) is 2. The van der Waals surface area contributed by atoms with Crippen LogP contribution in [0.5, 0.6) is 34.5 Å². The van der Waals surface area contributed by atoms with Gasteiger partial charge in [-0.3, -0.25) is 0 Å². The zero-order valence-corrected chi connectivity index (χ0v) is 17.2. The normalized spacial score (nSPS) is 10.4. The van der Waals surface area contributed by atoms with Crippen LogP contribution in [0.25, 0.3) is 22.5 Å². The van der Waals surface area contributed by atoms with Gasteiger partial charge in [-0.1, -0.05) is 0 Å². The van der Waals surface area contributed by atoms with Crippen LogP contribution in [0.4, 0.5) is 0 Å². The lowest BCUT2D eigenvalue weighted by Crippen LogP contribution is -1.97. The maximum Gasteiger partial charge on any atom is 0.203 e. The second kappa shape index (κ2) is 8.59. The number of hydrogen-bond acceptors (Lipinski definition) is 8. The number of aromatic amines is 1. The average molecular weight is 401 g/mol. The predicted octanol–water partition coefficient (Wildman–Crippen LogP) is 3.19. The highest BCUT2D eigenvalue weighted by Gasteiger charge is 2.22. The van der Waals surface area contributed by atoms with E-state index in [1.54, 1.807) is 66.9 Å². The Hall–Kier alpha value is -3.62. The van der Waals surface area contributed by atoms with Crippen LogP contribution in [-0.4, -0.2) is 58.1 Å². The molecule has 1 heterocycles. The SMILES string of the molecule is COc1cc(OC)c(-c2n[nH]nc2-c2cc(OC)c(OC)c(OC)c2)cc1OC. The van der Waals surface area contributed by atoms with Crippen LogP contribution in [0.1, 0.15) is 0 Å².